The Morgan fingerprint density at radius 3 is 3.20 bits per heavy atom. The minimum absolute atomic E-state index is 0.657. The second-order valence-electron chi connectivity index (χ2n) is 3.95. The Morgan fingerprint density at radius 2 is 2.47 bits per heavy atom. The number of rotatable bonds is 4. The molecule has 4 nitrogen and oxygen atoms in total. The molecule has 0 spiro atoms. The highest BCUT2D eigenvalue weighted by Gasteiger charge is 2.14. The molecular formula is C11H17N3O. The summed E-state index contributed by atoms with van der Waals surface area (Å²) in [4.78, 5) is 8.23. The third-order valence-electron chi connectivity index (χ3n) is 2.88. The Morgan fingerprint density at radius 1 is 1.53 bits per heavy atom. The molecule has 1 aliphatic heterocycles. The number of aromatic nitrogens is 2. The van der Waals surface area contributed by atoms with E-state index in [4.69, 9.17) is 4.74 Å². The summed E-state index contributed by atoms with van der Waals surface area (Å²) in [6, 6.07) is 1.92. The Hall–Kier alpha value is -1.16. The predicted molar refractivity (Wildman–Crippen MR) is 57.9 cm³/mol. The predicted octanol–water partition coefficient (Wildman–Crippen LogP) is 1.03. The number of hydrogen-bond acceptors (Lipinski definition) is 4. The number of aryl methyl sites for hydroxylation is 1. The fourth-order valence-electron chi connectivity index (χ4n) is 1.94. The minimum Gasteiger partial charge on any atom is -0.481 e. The van der Waals surface area contributed by atoms with Crippen LogP contribution in [0.15, 0.2) is 12.4 Å². The van der Waals surface area contributed by atoms with Crippen LogP contribution in [0.25, 0.3) is 0 Å². The average molecular weight is 207 g/mol. The molecule has 15 heavy (non-hydrogen) atoms. The fourth-order valence-corrected chi connectivity index (χ4v) is 1.94. The van der Waals surface area contributed by atoms with E-state index < -0.39 is 0 Å². The first kappa shape index (κ1) is 10.4. The molecule has 0 aliphatic carbocycles. The Labute approximate surface area is 90.1 Å². The van der Waals surface area contributed by atoms with E-state index in [1.807, 2.05) is 6.07 Å². The van der Waals surface area contributed by atoms with Crippen LogP contribution in [0.2, 0.25) is 0 Å². The van der Waals surface area contributed by atoms with E-state index in [1.54, 1.807) is 13.4 Å². The molecule has 0 bridgehead atoms. The molecule has 1 saturated heterocycles. The van der Waals surface area contributed by atoms with Crippen LogP contribution in [0, 0.1) is 5.92 Å². The van der Waals surface area contributed by atoms with Crippen LogP contribution in [0.1, 0.15) is 18.5 Å². The van der Waals surface area contributed by atoms with Crippen molar-refractivity contribution in [3.05, 3.63) is 18.1 Å². The van der Waals surface area contributed by atoms with Crippen molar-refractivity contribution in [2.75, 3.05) is 20.2 Å². The Balaban J connectivity index is 1.86. The third kappa shape index (κ3) is 2.89. The molecule has 0 aromatic carbocycles. The van der Waals surface area contributed by atoms with Crippen molar-refractivity contribution in [3.63, 3.8) is 0 Å². The van der Waals surface area contributed by atoms with Crippen molar-refractivity contribution in [1.29, 1.82) is 0 Å². The lowest BCUT2D eigenvalue weighted by Crippen LogP contribution is -2.09. The van der Waals surface area contributed by atoms with Gasteiger partial charge in [-0.3, -0.25) is 0 Å². The normalized spacial score (nSPS) is 20.5. The molecule has 1 atom stereocenters. The van der Waals surface area contributed by atoms with Gasteiger partial charge in [0.2, 0.25) is 5.88 Å². The summed E-state index contributed by atoms with van der Waals surface area (Å²) < 4.78 is 5.06. The second-order valence-corrected chi connectivity index (χ2v) is 3.95. The quantitative estimate of drug-likeness (QED) is 0.801. The van der Waals surface area contributed by atoms with Crippen LogP contribution in [0.3, 0.4) is 0 Å². The van der Waals surface area contributed by atoms with Gasteiger partial charge in [0, 0.05) is 11.8 Å². The first-order valence-corrected chi connectivity index (χ1v) is 5.44. The molecule has 0 amide bonds. The molecule has 1 fully saturated rings. The Kier molecular flexibility index (Phi) is 3.50. The average Bonchev–Trinajstić information content (AvgIpc) is 2.79. The van der Waals surface area contributed by atoms with E-state index in [-0.39, 0.29) is 0 Å². The molecule has 0 saturated carbocycles. The highest BCUT2D eigenvalue weighted by Crippen LogP contribution is 2.16. The maximum Gasteiger partial charge on any atom is 0.216 e. The summed E-state index contributed by atoms with van der Waals surface area (Å²) in [5, 5.41) is 3.37. The van der Waals surface area contributed by atoms with Crippen LogP contribution in [0.4, 0.5) is 0 Å². The van der Waals surface area contributed by atoms with Crippen molar-refractivity contribution < 1.29 is 4.74 Å². The van der Waals surface area contributed by atoms with Gasteiger partial charge in [0.1, 0.15) is 6.33 Å². The van der Waals surface area contributed by atoms with Crippen LogP contribution in [-0.2, 0) is 6.42 Å². The van der Waals surface area contributed by atoms with Crippen molar-refractivity contribution in [3.8, 4) is 5.88 Å². The van der Waals surface area contributed by atoms with Gasteiger partial charge in [-0.25, -0.2) is 9.97 Å². The molecule has 0 radical (unpaired) electrons. The van der Waals surface area contributed by atoms with Crippen LogP contribution in [0.5, 0.6) is 5.88 Å². The lowest BCUT2D eigenvalue weighted by atomic mass is 10.0. The van der Waals surface area contributed by atoms with Gasteiger partial charge in [-0.15, -0.1) is 0 Å². The zero-order valence-electron chi connectivity index (χ0n) is 9.07. The van der Waals surface area contributed by atoms with E-state index in [0.29, 0.717) is 5.88 Å². The van der Waals surface area contributed by atoms with Gasteiger partial charge in [-0.1, -0.05) is 0 Å². The van der Waals surface area contributed by atoms with Crippen molar-refractivity contribution in [2.45, 2.75) is 19.3 Å². The molecule has 4 heteroatoms. The molecule has 1 aliphatic rings. The smallest absolute Gasteiger partial charge is 0.216 e. The molecule has 1 N–H and O–H groups in total. The van der Waals surface area contributed by atoms with Crippen LogP contribution < -0.4 is 10.1 Å². The summed E-state index contributed by atoms with van der Waals surface area (Å²) in [6.07, 6.45) is 5.08. The number of ether oxygens (including phenoxy) is 1. The monoisotopic (exact) mass is 207 g/mol. The molecule has 2 heterocycles. The van der Waals surface area contributed by atoms with Crippen molar-refractivity contribution >= 4 is 0 Å². The Bertz CT molecular complexity index is 310. The van der Waals surface area contributed by atoms with Gasteiger partial charge in [-0.2, -0.15) is 0 Å². The molecule has 1 unspecified atom stereocenters. The standard InChI is InChI=1S/C11H17N3O/c1-15-11-6-10(13-8-14-11)3-2-9-4-5-12-7-9/h6,8-9,12H,2-5,7H2,1H3. The van der Waals surface area contributed by atoms with E-state index in [1.165, 1.54) is 12.8 Å². The second kappa shape index (κ2) is 5.07. The number of hydrogen-bond donors (Lipinski definition) is 1. The SMILES string of the molecule is COc1cc(CCC2CCNC2)ncn1. The molecular weight excluding hydrogens is 190 g/mol. The molecule has 82 valence electrons. The third-order valence-corrected chi connectivity index (χ3v) is 2.88. The van der Waals surface area contributed by atoms with Crippen molar-refractivity contribution in [2.24, 2.45) is 5.92 Å². The van der Waals surface area contributed by atoms with Gasteiger partial charge in [0.05, 0.1) is 7.11 Å². The zero-order valence-corrected chi connectivity index (χ0v) is 9.07. The molecule has 1 aromatic rings. The minimum atomic E-state index is 0.657. The first-order chi connectivity index (χ1) is 7.38. The molecule has 1 aromatic heterocycles. The number of nitrogens with zero attached hydrogens (tertiary/aromatic N) is 2. The van der Waals surface area contributed by atoms with E-state index in [9.17, 15) is 0 Å². The fraction of sp³-hybridized carbons (Fsp3) is 0.636. The van der Waals surface area contributed by atoms with E-state index in [0.717, 1.165) is 31.1 Å². The highest BCUT2D eigenvalue weighted by atomic mass is 16.5. The lowest BCUT2D eigenvalue weighted by Gasteiger charge is -2.07. The topological polar surface area (TPSA) is 47.0 Å². The van der Waals surface area contributed by atoms with Gasteiger partial charge in [0.25, 0.3) is 0 Å². The van der Waals surface area contributed by atoms with Gasteiger partial charge < -0.3 is 10.1 Å². The summed E-state index contributed by atoms with van der Waals surface area (Å²) in [7, 11) is 1.63. The lowest BCUT2D eigenvalue weighted by molar-refractivity contribution is 0.395. The van der Waals surface area contributed by atoms with Crippen molar-refractivity contribution in [1.82, 2.24) is 15.3 Å². The highest BCUT2D eigenvalue weighted by molar-refractivity contribution is 5.13. The van der Waals surface area contributed by atoms with Crippen LogP contribution in [-0.4, -0.2) is 30.2 Å². The number of nitrogens with one attached hydrogen (secondary N) is 1. The first-order valence-electron chi connectivity index (χ1n) is 5.44. The zero-order chi connectivity index (χ0) is 10.5. The summed E-state index contributed by atoms with van der Waals surface area (Å²) in [5.74, 6) is 1.47. The summed E-state index contributed by atoms with van der Waals surface area (Å²) in [6.45, 7) is 2.32. The largest absolute Gasteiger partial charge is 0.481 e. The van der Waals surface area contributed by atoms with E-state index in [2.05, 4.69) is 15.3 Å². The van der Waals surface area contributed by atoms with Gasteiger partial charge in [-0.05, 0) is 38.3 Å². The van der Waals surface area contributed by atoms with Gasteiger partial charge >= 0.3 is 0 Å². The van der Waals surface area contributed by atoms with Gasteiger partial charge in [0.15, 0.2) is 0 Å². The van der Waals surface area contributed by atoms with Crippen LogP contribution >= 0.6 is 0 Å². The molecule has 2 rings (SSSR count). The maximum absolute atomic E-state index is 5.06. The maximum atomic E-state index is 5.06. The van der Waals surface area contributed by atoms with E-state index >= 15 is 0 Å². The summed E-state index contributed by atoms with van der Waals surface area (Å²) in [5.41, 5.74) is 1.08. The summed E-state index contributed by atoms with van der Waals surface area (Å²) >= 11 is 0. The number of methoxy groups -OCH3 is 1.